The topological polar surface area (TPSA) is 67.7 Å². The second kappa shape index (κ2) is 8.10. The molecular formula is C18H20F3N3O3. The number of alkyl halides is 3. The average Bonchev–Trinajstić information content (AvgIpc) is 2.66. The van der Waals surface area contributed by atoms with Gasteiger partial charge >= 0.3 is 6.18 Å². The van der Waals surface area contributed by atoms with E-state index in [-0.39, 0.29) is 30.6 Å². The van der Waals surface area contributed by atoms with Crippen molar-refractivity contribution in [2.75, 3.05) is 31.2 Å². The van der Waals surface area contributed by atoms with Crippen molar-refractivity contribution in [3.05, 3.63) is 47.3 Å². The highest BCUT2D eigenvalue weighted by atomic mass is 19.4. The van der Waals surface area contributed by atoms with Gasteiger partial charge < -0.3 is 19.5 Å². The van der Waals surface area contributed by atoms with Crippen LogP contribution in [0.25, 0.3) is 0 Å². The standard InChI is InChI=1S/C18H20F3N3O3/c1-12-3-2-4-16(18(19,20)21)15(12)11-27-13-7-22-17(23-8-13)24-5-6-26-14(9-24)10-25/h2-4,7-8,14,25H,5-6,9-11H2,1H3. The van der Waals surface area contributed by atoms with Gasteiger partial charge in [0.15, 0.2) is 5.75 Å². The molecule has 1 fully saturated rings. The zero-order valence-electron chi connectivity index (χ0n) is 14.7. The molecule has 1 atom stereocenters. The summed E-state index contributed by atoms with van der Waals surface area (Å²) >= 11 is 0. The van der Waals surface area contributed by atoms with Crippen molar-refractivity contribution < 1.29 is 27.8 Å². The van der Waals surface area contributed by atoms with E-state index in [2.05, 4.69) is 9.97 Å². The van der Waals surface area contributed by atoms with Gasteiger partial charge in [-0.05, 0) is 18.6 Å². The predicted molar refractivity (Wildman–Crippen MR) is 91.6 cm³/mol. The maximum atomic E-state index is 13.2. The van der Waals surface area contributed by atoms with E-state index < -0.39 is 11.7 Å². The molecule has 146 valence electrons. The van der Waals surface area contributed by atoms with Gasteiger partial charge in [0.2, 0.25) is 5.95 Å². The molecule has 1 aliphatic heterocycles. The first-order valence-electron chi connectivity index (χ1n) is 8.46. The van der Waals surface area contributed by atoms with Crippen LogP contribution in [0.1, 0.15) is 16.7 Å². The fourth-order valence-electron chi connectivity index (χ4n) is 2.87. The Balaban J connectivity index is 1.68. The van der Waals surface area contributed by atoms with Crippen LogP contribution in [-0.4, -0.2) is 47.5 Å². The number of aromatic nitrogens is 2. The Morgan fingerprint density at radius 3 is 2.70 bits per heavy atom. The van der Waals surface area contributed by atoms with Crippen LogP contribution in [0, 0.1) is 6.92 Å². The van der Waals surface area contributed by atoms with Gasteiger partial charge in [0.1, 0.15) is 6.61 Å². The van der Waals surface area contributed by atoms with Crippen LogP contribution in [0.2, 0.25) is 0 Å². The normalized spacial score (nSPS) is 17.8. The smallest absolute Gasteiger partial charge is 0.416 e. The first-order valence-corrected chi connectivity index (χ1v) is 8.46. The predicted octanol–water partition coefficient (Wildman–Crippen LogP) is 2.58. The van der Waals surface area contributed by atoms with Crippen molar-refractivity contribution in [2.45, 2.75) is 25.8 Å². The average molecular weight is 383 g/mol. The molecule has 1 aliphatic rings. The Kier molecular flexibility index (Phi) is 5.81. The summed E-state index contributed by atoms with van der Waals surface area (Å²) < 4.78 is 50.3. The lowest BCUT2D eigenvalue weighted by Gasteiger charge is -2.31. The molecule has 3 rings (SSSR count). The van der Waals surface area contributed by atoms with E-state index >= 15 is 0 Å². The summed E-state index contributed by atoms with van der Waals surface area (Å²) in [6.07, 6.45) is -1.88. The van der Waals surface area contributed by atoms with E-state index in [0.717, 1.165) is 6.07 Å². The third kappa shape index (κ3) is 4.67. The van der Waals surface area contributed by atoms with E-state index in [9.17, 15) is 18.3 Å². The Morgan fingerprint density at radius 2 is 2.04 bits per heavy atom. The summed E-state index contributed by atoms with van der Waals surface area (Å²) in [5.41, 5.74) is -0.109. The molecule has 9 heteroatoms. The number of ether oxygens (including phenoxy) is 2. The largest absolute Gasteiger partial charge is 0.486 e. The van der Waals surface area contributed by atoms with Crippen LogP contribution in [0.5, 0.6) is 5.75 Å². The second-order valence-electron chi connectivity index (χ2n) is 6.23. The number of anilines is 1. The Bertz CT molecular complexity index is 769. The first kappa shape index (κ1) is 19.4. The van der Waals surface area contributed by atoms with Crippen LogP contribution in [0.4, 0.5) is 19.1 Å². The number of aryl methyl sites for hydroxylation is 1. The molecule has 0 bridgehead atoms. The number of rotatable bonds is 5. The van der Waals surface area contributed by atoms with Crippen molar-refractivity contribution in [3.8, 4) is 5.75 Å². The molecule has 1 N–H and O–H groups in total. The van der Waals surface area contributed by atoms with Crippen LogP contribution in [0.3, 0.4) is 0 Å². The van der Waals surface area contributed by atoms with Crippen LogP contribution in [0.15, 0.2) is 30.6 Å². The third-order valence-corrected chi connectivity index (χ3v) is 4.34. The van der Waals surface area contributed by atoms with Gasteiger partial charge in [0, 0.05) is 18.7 Å². The molecule has 0 aliphatic carbocycles. The monoisotopic (exact) mass is 383 g/mol. The number of morpholine rings is 1. The van der Waals surface area contributed by atoms with Gasteiger partial charge in [-0.3, -0.25) is 0 Å². The van der Waals surface area contributed by atoms with Crippen molar-refractivity contribution >= 4 is 5.95 Å². The van der Waals surface area contributed by atoms with E-state index in [1.54, 1.807) is 13.0 Å². The van der Waals surface area contributed by atoms with E-state index in [0.29, 0.717) is 31.2 Å². The van der Waals surface area contributed by atoms with Gasteiger partial charge in [0.05, 0.1) is 37.3 Å². The van der Waals surface area contributed by atoms with Crippen LogP contribution < -0.4 is 9.64 Å². The molecule has 0 amide bonds. The molecule has 1 unspecified atom stereocenters. The van der Waals surface area contributed by atoms with E-state index in [1.807, 2.05) is 4.90 Å². The maximum Gasteiger partial charge on any atom is 0.416 e. The van der Waals surface area contributed by atoms with Crippen LogP contribution >= 0.6 is 0 Å². The minimum atomic E-state index is -4.44. The number of nitrogens with zero attached hydrogens (tertiary/aromatic N) is 3. The molecular weight excluding hydrogens is 363 g/mol. The lowest BCUT2D eigenvalue weighted by atomic mass is 10.0. The highest BCUT2D eigenvalue weighted by Gasteiger charge is 2.33. The maximum absolute atomic E-state index is 13.2. The lowest BCUT2D eigenvalue weighted by Crippen LogP contribution is -2.44. The van der Waals surface area contributed by atoms with Crippen molar-refractivity contribution in [1.82, 2.24) is 9.97 Å². The number of hydrogen-bond acceptors (Lipinski definition) is 6. The summed E-state index contributed by atoms with van der Waals surface area (Å²) in [4.78, 5) is 10.3. The highest BCUT2D eigenvalue weighted by Crippen LogP contribution is 2.33. The van der Waals surface area contributed by atoms with E-state index in [1.165, 1.54) is 18.5 Å². The fraction of sp³-hybridized carbons (Fsp3) is 0.444. The molecule has 0 radical (unpaired) electrons. The number of hydrogen-bond donors (Lipinski definition) is 1. The van der Waals surface area contributed by atoms with Gasteiger partial charge in [-0.2, -0.15) is 13.2 Å². The molecule has 0 saturated carbocycles. The molecule has 2 heterocycles. The number of aliphatic hydroxyl groups excluding tert-OH is 1. The van der Waals surface area contributed by atoms with Gasteiger partial charge in [-0.15, -0.1) is 0 Å². The summed E-state index contributed by atoms with van der Waals surface area (Å²) in [5, 5.41) is 9.19. The summed E-state index contributed by atoms with van der Waals surface area (Å²) in [6, 6.07) is 4.03. The first-order chi connectivity index (χ1) is 12.9. The Hall–Kier alpha value is -2.39. The molecule has 6 nitrogen and oxygen atoms in total. The van der Waals surface area contributed by atoms with E-state index in [4.69, 9.17) is 9.47 Å². The Morgan fingerprint density at radius 1 is 1.30 bits per heavy atom. The number of benzene rings is 1. The molecule has 1 saturated heterocycles. The highest BCUT2D eigenvalue weighted by molar-refractivity contribution is 5.37. The zero-order chi connectivity index (χ0) is 19.4. The second-order valence-corrected chi connectivity index (χ2v) is 6.23. The van der Waals surface area contributed by atoms with Crippen molar-refractivity contribution in [1.29, 1.82) is 0 Å². The molecule has 1 aromatic heterocycles. The zero-order valence-corrected chi connectivity index (χ0v) is 14.7. The molecule has 0 spiro atoms. The van der Waals surface area contributed by atoms with Gasteiger partial charge in [0.25, 0.3) is 0 Å². The SMILES string of the molecule is Cc1cccc(C(F)(F)F)c1COc1cnc(N2CCOC(CO)C2)nc1. The molecule has 27 heavy (non-hydrogen) atoms. The van der Waals surface area contributed by atoms with Crippen molar-refractivity contribution in [3.63, 3.8) is 0 Å². The fourth-order valence-corrected chi connectivity index (χ4v) is 2.87. The summed E-state index contributed by atoms with van der Waals surface area (Å²) in [5.74, 6) is 0.734. The minimum absolute atomic E-state index is 0.0876. The summed E-state index contributed by atoms with van der Waals surface area (Å²) in [6.45, 7) is 2.82. The van der Waals surface area contributed by atoms with Crippen LogP contribution in [-0.2, 0) is 17.5 Å². The quantitative estimate of drug-likeness (QED) is 0.856. The summed E-state index contributed by atoms with van der Waals surface area (Å²) in [7, 11) is 0. The van der Waals surface area contributed by atoms with Gasteiger partial charge in [-0.25, -0.2) is 9.97 Å². The lowest BCUT2D eigenvalue weighted by molar-refractivity contribution is -0.138. The minimum Gasteiger partial charge on any atom is -0.486 e. The molecule has 2 aromatic rings. The van der Waals surface area contributed by atoms with Gasteiger partial charge in [-0.1, -0.05) is 12.1 Å². The third-order valence-electron chi connectivity index (χ3n) is 4.34. The van der Waals surface area contributed by atoms with Crippen molar-refractivity contribution in [2.24, 2.45) is 0 Å². The number of aliphatic hydroxyl groups is 1. The Labute approximate surface area is 154 Å². The number of halogens is 3. The molecule has 1 aromatic carbocycles.